The van der Waals surface area contributed by atoms with Crippen molar-refractivity contribution in [1.29, 1.82) is 0 Å². The average molecular weight is 277 g/mol. The van der Waals surface area contributed by atoms with E-state index in [9.17, 15) is 0 Å². The Hall–Kier alpha value is -1.33. The van der Waals surface area contributed by atoms with Gasteiger partial charge in [-0.2, -0.15) is 0 Å². The van der Waals surface area contributed by atoms with E-state index in [1.54, 1.807) is 11.3 Å². The molecule has 1 aromatic carbocycles. The summed E-state index contributed by atoms with van der Waals surface area (Å²) >= 11 is 1.63. The number of hydrogen-bond acceptors (Lipinski definition) is 5. The van der Waals surface area contributed by atoms with Gasteiger partial charge in [0.05, 0.1) is 21.6 Å². The summed E-state index contributed by atoms with van der Waals surface area (Å²) in [5, 5.41) is 0. The summed E-state index contributed by atoms with van der Waals surface area (Å²) in [6.45, 7) is 2.81. The van der Waals surface area contributed by atoms with Gasteiger partial charge in [0.15, 0.2) is 0 Å². The number of nitrogen functional groups attached to an aromatic ring is 1. The van der Waals surface area contributed by atoms with Gasteiger partial charge in [0.25, 0.3) is 0 Å². The number of nitrogens with two attached hydrogens (primary N) is 1. The van der Waals surface area contributed by atoms with Gasteiger partial charge in [-0.1, -0.05) is 0 Å². The second-order valence-corrected chi connectivity index (χ2v) is 6.02. The maximum absolute atomic E-state index is 6.25. The van der Waals surface area contributed by atoms with Crippen molar-refractivity contribution >= 4 is 32.9 Å². The highest BCUT2D eigenvalue weighted by Crippen LogP contribution is 2.32. The van der Waals surface area contributed by atoms with E-state index in [2.05, 4.69) is 29.1 Å². The Morgan fingerprint density at radius 2 is 2.21 bits per heavy atom. The third kappa shape index (κ3) is 2.53. The highest BCUT2D eigenvalue weighted by Gasteiger charge is 2.18. The van der Waals surface area contributed by atoms with Crippen molar-refractivity contribution in [2.75, 3.05) is 37.4 Å². The molecular formula is C14H19N3OS. The van der Waals surface area contributed by atoms with Gasteiger partial charge in [0.2, 0.25) is 0 Å². The predicted molar refractivity (Wildman–Crippen MR) is 80.8 cm³/mol. The molecule has 2 aromatic rings. The van der Waals surface area contributed by atoms with Gasteiger partial charge in [-0.05, 0) is 30.9 Å². The summed E-state index contributed by atoms with van der Waals surface area (Å²) in [7, 11) is 2.11. The molecule has 1 fully saturated rings. The van der Waals surface area contributed by atoms with Gasteiger partial charge in [0.1, 0.15) is 5.52 Å². The van der Waals surface area contributed by atoms with Crippen LogP contribution in [0.4, 0.5) is 11.4 Å². The van der Waals surface area contributed by atoms with Crippen molar-refractivity contribution in [1.82, 2.24) is 4.98 Å². The molecule has 5 heteroatoms. The maximum atomic E-state index is 6.25. The molecule has 0 bridgehead atoms. The van der Waals surface area contributed by atoms with Crippen LogP contribution in [0, 0.1) is 5.92 Å². The molecule has 0 aliphatic carbocycles. The highest BCUT2D eigenvalue weighted by molar-refractivity contribution is 7.16. The largest absolute Gasteiger partial charge is 0.395 e. The molecule has 1 aliphatic rings. The molecule has 1 saturated heterocycles. The van der Waals surface area contributed by atoms with Crippen molar-refractivity contribution in [3.63, 3.8) is 0 Å². The first-order valence-corrected chi connectivity index (χ1v) is 7.54. The van der Waals surface area contributed by atoms with Crippen LogP contribution in [0.3, 0.4) is 0 Å². The fraction of sp³-hybridized carbons (Fsp3) is 0.500. The summed E-state index contributed by atoms with van der Waals surface area (Å²) < 4.78 is 6.56. The number of nitrogens with zero attached hydrogens (tertiary/aromatic N) is 2. The summed E-state index contributed by atoms with van der Waals surface area (Å²) in [6.07, 6.45) is 2.28. The van der Waals surface area contributed by atoms with Crippen LogP contribution in [0.5, 0.6) is 0 Å². The van der Waals surface area contributed by atoms with Crippen LogP contribution in [0.2, 0.25) is 0 Å². The number of fused-ring (bicyclic) bond motifs is 1. The number of benzene rings is 1. The van der Waals surface area contributed by atoms with Crippen LogP contribution in [0.25, 0.3) is 10.2 Å². The molecule has 1 aromatic heterocycles. The Bertz CT molecular complexity index is 563. The lowest BCUT2D eigenvalue weighted by Crippen LogP contribution is -2.30. The maximum Gasteiger partial charge on any atom is 0.106 e. The first-order chi connectivity index (χ1) is 9.25. The number of ether oxygens (including phenoxy) is 1. The van der Waals surface area contributed by atoms with Crippen LogP contribution in [0.1, 0.15) is 12.8 Å². The van der Waals surface area contributed by atoms with E-state index < -0.39 is 0 Å². The number of rotatable bonds is 3. The third-order valence-electron chi connectivity index (χ3n) is 3.80. The molecule has 3 rings (SSSR count). The monoisotopic (exact) mass is 277 g/mol. The minimum Gasteiger partial charge on any atom is -0.395 e. The van der Waals surface area contributed by atoms with Crippen molar-refractivity contribution in [3.8, 4) is 0 Å². The topological polar surface area (TPSA) is 51.4 Å². The Balaban J connectivity index is 1.80. The van der Waals surface area contributed by atoms with E-state index in [0.717, 1.165) is 54.2 Å². The van der Waals surface area contributed by atoms with E-state index in [1.807, 2.05) is 5.51 Å². The number of thiazole rings is 1. The molecule has 2 N–H and O–H groups in total. The van der Waals surface area contributed by atoms with Crippen LogP contribution in [-0.2, 0) is 4.74 Å². The quantitative estimate of drug-likeness (QED) is 0.876. The van der Waals surface area contributed by atoms with E-state index in [1.165, 1.54) is 0 Å². The Morgan fingerprint density at radius 1 is 1.42 bits per heavy atom. The Labute approximate surface area is 117 Å². The smallest absolute Gasteiger partial charge is 0.106 e. The molecule has 102 valence electrons. The van der Waals surface area contributed by atoms with Gasteiger partial charge in [-0.25, -0.2) is 4.98 Å². The Morgan fingerprint density at radius 3 is 3.00 bits per heavy atom. The van der Waals surface area contributed by atoms with Crippen LogP contribution in [0.15, 0.2) is 17.6 Å². The van der Waals surface area contributed by atoms with E-state index in [0.29, 0.717) is 5.92 Å². The molecular weight excluding hydrogens is 258 g/mol. The lowest BCUT2D eigenvalue weighted by Gasteiger charge is -2.29. The van der Waals surface area contributed by atoms with Crippen LogP contribution >= 0.6 is 11.3 Å². The van der Waals surface area contributed by atoms with E-state index >= 15 is 0 Å². The second kappa shape index (κ2) is 5.35. The highest BCUT2D eigenvalue weighted by atomic mass is 32.1. The minimum absolute atomic E-state index is 0.698. The summed E-state index contributed by atoms with van der Waals surface area (Å²) in [5.41, 5.74) is 10.9. The lowest BCUT2D eigenvalue weighted by molar-refractivity contribution is 0.0685. The average Bonchev–Trinajstić information content (AvgIpc) is 2.89. The fourth-order valence-corrected chi connectivity index (χ4v) is 3.38. The number of aromatic nitrogens is 1. The zero-order valence-electron chi connectivity index (χ0n) is 11.1. The van der Waals surface area contributed by atoms with E-state index in [4.69, 9.17) is 10.5 Å². The standard InChI is InChI=1S/C14H19N3OS/c1-17(8-10-4-6-18-7-5-10)11-2-3-12-14(13(11)15)16-9-19-12/h2-3,9-10H,4-8,15H2,1H3. The van der Waals surface area contributed by atoms with Crippen molar-refractivity contribution in [3.05, 3.63) is 17.6 Å². The zero-order chi connectivity index (χ0) is 13.2. The molecule has 2 heterocycles. The van der Waals surface area contributed by atoms with Crippen LogP contribution in [-0.4, -0.2) is 31.8 Å². The van der Waals surface area contributed by atoms with E-state index in [-0.39, 0.29) is 0 Å². The first-order valence-electron chi connectivity index (χ1n) is 6.66. The molecule has 1 aliphatic heterocycles. The second-order valence-electron chi connectivity index (χ2n) is 5.13. The molecule has 0 atom stereocenters. The van der Waals surface area contributed by atoms with Gasteiger partial charge < -0.3 is 15.4 Å². The zero-order valence-corrected chi connectivity index (χ0v) is 11.9. The summed E-state index contributed by atoms with van der Waals surface area (Å²) in [6, 6.07) is 4.22. The molecule has 0 unspecified atom stereocenters. The van der Waals surface area contributed by atoms with Crippen molar-refractivity contribution in [2.24, 2.45) is 5.92 Å². The van der Waals surface area contributed by atoms with Gasteiger partial charge in [-0.15, -0.1) is 11.3 Å². The van der Waals surface area contributed by atoms with Crippen molar-refractivity contribution < 1.29 is 4.74 Å². The number of anilines is 2. The predicted octanol–water partition coefficient (Wildman–Crippen LogP) is 2.74. The molecule has 19 heavy (non-hydrogen) atoms. The SMILES string of the molecule is CN(CC1CCOCC1)c1ccc2scnc2c1N. The molecule has 0 radical (unpaired) electrons. The fourth-order valence-electron chi connectivity index (χ4n) is 2.69. The molecule has 0 spiro atoms. The summed E-state index contributed by atoms with van der Waals surface area (Å²) in [5.74, 6) is 0.698. The third-order valence-corrected chi connectivity index (χ3v) is 4.60. The Kier molecular flexibility index (Phi) is 3.57. The molecule has 0 amide bonds. The molecule has 4 nitrogen and oxygen atoms in total. The van der Waals surface area contributed by atoms with Crippen LogP contribution < -0.4 is 10.6 Å². The van der Waals surface area contributed by atoms with Crippen molar-refractivity contribution in [2.45, 2.75) is 12.8 Å². The normalized spacial score (nSPS) is 16.9. The van der Waals surface area contributed by atoms with Gasteiger partial charge in [-0.3, -0.25) is 0 Å². The lowest BCUT2D eigenvalue weighted by atomic mass is 9.99. The molecule has 0 saturated carbocycles. The number of hydrogen-bond donors (Lipinski definition) is 1. The van der Waals surface area contributed by atoms with Gasteiger partial charge >= 0.3 is 0 Å². The first kappa shape index (κ1) is 12.7. The summed E-state index contributed by atoms with van der Waals surface area (Å²) in [4.78, 5) is 6.61. The minimum atomic E-state index is 0.698. The van der Waals surface area contributed by atoms with Gasteiger partial charge in [0, 0.05) is 26.8 Å².